The highest BCUT2D eigenvalue weighted by molar-refractivity contribution is 5.43. The number of benzene rings is 2. The Morgan fingerprint density at radius 1 is 1.03 bits per heavy atom. The molecule has 2 aromatic rings. The molecule has 0 bridgehead atoms. The van der Waals surface area contributed by atoms with Crippen molar-refractivity contribution in [2.75, 3.05) is 33.9 Å². The maximum absolute atomic E-state index is 10.2. The summed E-state index contributed by atoms with van der Waals surface area (Å²) in [6.07, 6.45) is 0.443. The van der Waals surface area contributed by atoms with Crippen molar-refractivity contribution >= 4 is 0 Å². The summed E-state index contributed by atoms with van der Waals surface area (Å²) in [5.74, 6) is 1.34. The summed E-state index contributed by atoms with van der Waals surface area (Å²) in [5, 5.41) is 13.7. The average molecular weight is 401 g/mol. The van der Waals surface area contributed by atoms with Crippen molar-refractivity contribution in [3.05, 3.63) is 59.2 Å². The topological polar surface area (TPSA) is 54.0 Å². The lowest BCUT2D eigenvalue weighted by Gasteiger charge is -2.24. The van der Waals surface area contributed by atoms with E-state index in [1.165, 1.54) is 11.1 Å². The van der Waals surface area contributed by atoms with Crippen LogP contribution in [0.25, 0.3) is 0 Å². The summed E-state index contributed by atoms with van der Waals surface area (Å²) in [6, 6.07) is 15.0. The molecule has 0 heterocycles. The van der Waals surface area contributed by atoms with E-state index in [4.69, 9.17) is 9.47 Å². The predicted octanol–water partition coefficient (Wildman–Crippen LogP) is 3.42. The summed E-state index contributed by atoms with van der Waals surface area (Å²) in [5.41, 5.74) is 3.74. The second-order valence-corrected chi connectivity index (χ2v) is 7.90. The van der Waals surface area contributed by atoms with Crippen molar-refractivity contribution in [2.45, 2.75) is 45.9 Å². The highest BCUT2D eigenvalue weighted by atomic mass is 16.5. The molecule has 0 fully saturated rings. The van der Waals surface area contributed by atoms with Crippen LogP contribution in [0.5, 0.6) is 11.5 Å². The van der Waals surface area contributed by atoms with Crippen molar-refractivity contribution in [2.24, 2.45) is 0 Å². The second-order valence-electron chi connectivity index (χ2n) is 7.90. The Balaban J connectivity index is 1.84. The summed E-state index contributed by atoms with van der Waals surface area (Å²) >= 11 is 0. The number of hydrogen-bond donors (Lipinski definition) is 2. The van der Waals surface area contributed by atoms with Gasteiger partial charge in [-0.2, -0.15) is 0 Å². The third kappa shape index (κ3) is 8.05. The largest absolute Gasteiger partial charge is 0.493 e. The molecule has 2 aromatic carbocycles. The molecule has 160 valence electrons. The summed E-state index contributed by atoms with van der Waals surface area (Å²) < 4.78 is 11.3. The third-order valence-corrected chi connectivity index (χ3v) is 5.08. The van der Waals surface area contributed by atoms with Gasteiger partial charge in [-0.3, -0.25) is 0 Å². The Bertz CT molecular complexity index is 731. The van der Waals surface area contributed by atoms with Crippen molar-refractivity contribution in [1.82, 2.24) is 10.2 Å². The van der Waals surface area contributed by atoms with Crippen LogP contribution in [0.4, 0.5) is 0 Å². The van der Waals surface area contributed by atoms with E-state index in [1.54, 1.807) is 7.11 Å². The lowest BCUT2D eigenvalue weighted by Crippen LogP contribution is -2.37. The van der Waals surface area contributed by atoms with Gasteiger partial charge in [0, 0.05) is 19.1 Å². The Hall–Kier alpha value is -2.08. The minimum absolute atomic E-state index is 0.234. The van der Waals surface area contributed by atoms with E-state index in [0.29, 0.717) is 24.1 Å². The Morgan fingerprint density at radius 2 is 1.72 bits per heavy atom. The lowest BCUT2D eigenvalue weighted by molar-refractivity contribution is 0.0668. The molecule has 29 heavy (non-hydrogen) atoms. The second kappa shape index (κ2) is 11.8. The number of rotatable bonds is 12. The molecular formula is C24H36N2O3. The number of aryl methyl sites for hydroxylation is 1. The number of ether oxygens (including phenoxy) is 2. The van der Waals surface area contributed by atoms with Gasteiger partial charge in [-0.05, 0) is 64.0 Å². The molecule has 5 nitrogen and oxygen atoms in total. The molecule has 0 saturated heterocycles. The quantitative estimate of drug-likeness (QED) is 0.535. The van der Waals surface area contributed by atoms with E-state index in [2.05, 4.69) is 55.3 Å². The molecule has 0 aliphatic heterocycles. The molecular weight excluding hydrogens is 364 g/mol. The zero-order chi connectivity index (χ0) is 21.2. The van der Waals surface area contributed by atoms with Crippen LogP contribution in [-0.2, 0) is 13.0 Å². The van der Waals surface area contributed by atoms with Gasteiger partial charge in [-0.1, -0.05) is 35.9 Å². The number of methoxy groups -OCH3 is 1. The third-order valence-electron chi connectivity index (χ3n) is 5.08. The van der Waals surface area contributed by atoms with Gasteiger partial charge in [-0.15, -0.1) is 0 Å². The van der Waals surface area contributed by atoms with Crippen molar-refractivity contribution in [3.63, 3.8) is 0 Å². The highest BCUT2D eigenvalue weighted by Crippen LogP contribution is 2.28. The van der Waals surface area contributed by atoms with Crippen molar-refractivity contribution < 1.29 is 14.6 Å². The van der Waals surface area contributed by atoms with Gasteiger partial charge in [0.05, 0.1) is 7.11 Å². The number of hydrogen-bond acceptors (Lipinski definition) is 5. The van der Waals surface area contributed by atoms with E-state index in [-0.39, 0.29) is 6.61 Å². The molecule has 5 heteroatoms. The van der Waals surface area contributed by atoms with Crippen LogP contribution in [0.3, 0.4) is 0 Å². The van der Waals surface area contributed by atoms with Crippen molar-refractivity contribution in [3.8, 4) is 11.5 Å². The maximum atomic E-state index is 10.2. The smallest absolute Gasteiger partial charge is 0.161 e. The fourth-order valence-electron chi connectivity index (χ4n) is 2.95. The minimum atomic E-state index is -0.552. The van der Waals surface area contributed by atoms with E-state index in [9.17, 15) is 5.11 Å². The summed E-state index contributed by atoms with van der Waals surface area (Å²) in [4.78, 5) is 2.10. The SMILES string of the molecule is COc1ccc(CNCCc2ccc(C)cc2)cc1OCC(O)CN(C)C(C)C. The zero-order valence-electron chi connectivity index (χ0n) is 18.4. The Labute approximate surface area is 175 Å². The monoisotopic (exact) mass is 400 g/mol. The first-order valence-electron chi connectivity index (χ1n) is 10.3. The first-order chi connectivity index (χ1) is 13.9. The molecule has 0 amide bonds. The maximum Gasteiger partial charge on any atom is 0.161 e. The minimum Gasteiger partial charge on any atom is -0.493 e. The number of aliphatic hydroxyl groups is 1. The number of nitrogens with one attached hydrogen (secondary N) is 1. The zero-order valence-corrected chi connectivity index (χ0v) is 18.4. The number of nitrogens with zero attached hydrogens (tertiary/aromatic N) is 1. The fraction of sp³-hybridized carbons (Fsp3) is 0.500. The van der Waals surface area contributed by atoms with Crippen LogP contribution in [0, 0.1) is 6.92 Å². The Kier molecular flexibility index (Phi) is 9.45. The standard InChI is InChI=1S/C24H36N2O3/c1-18(2)26(4)16-22(27)17-29-24-14-21(10-11-23(24)28-5)15-25-13-12-20-8-6-19(3)7-9-20/h6-11,14,18,22,25,27H,12-13,15-17H2,1-5H3. The van der Waals surface area contributed by atoms with Crippen molar-refractivity contribution in [1.29, 1.82) is 0 Å². The van der Waals surface area contributed by atoms with E-state index in [1.807, 2.05) is 25.2 Å². The molecule has 0 saturated carbocycles. The number of aliphatic hydroxyl groups excluding tert-OH is 1. The molecule has 1 unspecified atom stereocenters. The molecule has 2 rings (SSSR count). The first-order valence-corrected chi connectivity index (χ1v) is 10.3. The molecule has 0 spiro atoms. The van der Waals surface area contributed by atoms with E-state index >= 15 is 0 Å². The molecule has 1 atom stereocenters. The lowest BCUT2D eigenvalue weighted by atomic mass is 10.1. The predicted molar refractivity (Wildman–Crippen MR) is 119 cm³/mol. The van der Waals surface area contributed by atoms with Crippen LogP contribution in [0.1, 0.15) is 30.5 Å². The first kappa shape index (κ1) is 23.2. The van der Waals surface area contributed by atoms with Crippen LogP contribution in [0.15, 0.2) is 42.5 Å². The van der Waals surface area contributed by atoms with Crippen LogP contribution < -0.4 is 14.8 Å². The average Bonchev–Trinajstić information content (AvgIpc) is 2.71. The van der Waals surface area contributed by atoms with Gasteiger partial charge in [0.2, 0.25) is 0 Å². The van der Waals surface area contributed by atoms with Crippen LogP contribution in [0.2, 0.25) is 0 Å². The molecule has 0 aliphatic carbocycles. The summed E-state index contributed by atoms with van der Waals surface area (Å²) in [7, 11) is 3.63. The van der Waals surface area contributed by atoms with Gasteiger partial charge >= 0.3 is 0 Å². The van der Waals surface area contributed by atoms with E-state index in [0.717, 1.165) is 25.1 Å². The van der Waals surface area contributed by atoms with Gasteiger partial charge in [-0.25, -0.2) is 0 Å². The van der Waals surface area contributed by atoms with Gasteiger partial charge in [0.25, 0.3) is 0 Å². The molecule has 0 radical (unpaired) electrons. The fourth-order valence-corrected chi connectivity index (χ4v) is 2.95. The van der Waals surface area contributed by atoms with Gasteiger partial charge in [0.1, 0.15) is 12.7 Å². The normalized spacial score (nSPS) is 12.4. The molecule has 0 aromatic heterocycles. The molecule has 0 aliphatic rings. The summed E-state index contributed by atoms with van der Waals surface area (Å²) in [6.45, 7) is 8.78. The van der Waals surface area contributed by atoms with Gasteiger partial charge < -0.3 is 24.8 Å². The van der Waals surface area contributed by atoms with Gasteiger partial charge in [0.15, 0.2) is 11.5 Å². The van der Waals surface area contributed by atoms with E-state index < -0.39 is 6.10 Å². The molecule has 2 N–H and O–H groups in total. The number of likely N-dealkylation sites (N-methyl/N-ethyl adjacent to an activating group) is 1. The van der Waals surface area contributed by atoms with Crippen LogP contribution >= 0.6 is 0 Å². The Morgan fingerprint density at radius 3 is 2.38 bits per heavy atom. The highest BCUT2D eigenvalue weighted by Gasteiger charge is 2.13. The van der Waals surface area contributed by atoms with Crippen LogP contribution in [-0.4, -0.2) is 56.0 Å².